The molecule has 21 heavy (non-hydrogen) atoms. The molecule has 2 rings (SSSR count). The van der Waals surface area contributed by atoms with Crippen molar-refractivity contribution in [2.75, 3.05) is 12.4 Å². The highest BCUT2D eigenvalue weighted by Gasteiger charge is 2.08. The summed E-state index contributed by atoms with van der Waals surface area (Å²) in [5, 5.41) is 21.2. The van der Waals surface area contributed by atoms with Gasteiger partial charge >= 0.3 is 0 Å². The summed E-state index contributed by atoms with van der Waals surface area (Å²) in [7, 11) is 1.59. The number of rotatable bonds is 6. The smallest absolute Gasteiger partial charge is 0.243 e. The fraction of sp³-hybridized carbons (Fsp3) is 0.400. The van der Waals surface area contributed by atoms with Gasteiger partial charge < -0.3 is 15.2 Å². The summed E-state index contributed by atoms with van der Waals surface area (Å²) in [5.74, 6) is 1.36. The molecular weight excluding hydrogens is 268 g/mol. The van der Waals surface area contributed by atoms with Crippen LogP contribution in [0.3, 0.4) is 0 Å². The zero-order chi connectivity index (χ0) is 15.2. The second-order valence-electron chi connectivity index (χ2n) is 4.58. The predicted octanol–water partition coefficient (Wildman–Crippen LogP) is 2.32. The Balaban J connectivity index is 2.13. The highest BCUT2D eigenvalue weighted by molar-refractivity contribution is 5.41. The minimum absolute atomic E-state index is 0.206. The minimum atomic E-state index is 0.206. The van der Waals surface area contributed by atoms with Crippen molar-refractivity contribution in [1.82, 2.24) is 15.2 Å². The Bertz CT molecular complexity index is 617. The maximum Gasteiger partial charge on any atom is 0.243 e. The Morgan fingerprint density at radius 2 is 1.90 bits per heavy atom. The first kappa shape index (κ1) is 15.0. The lowest BCUT2D eigenvalue weighted by molar-refractivity contribution is 0.411. The monoisotopic (exact) mass is 288 g/mol. The van der Waals surface area contributed by atoms with Crippen molar-refractivity contribution in [3.8, 4) is 11.5 Å². The number of aromatic hydroxyl groups is 1. The summed E-state index contributed by atoms with van der Waals surface area (Å²) >= 11 is 0. The van der Waals surface area contributed by atoms with Gasteiger partial charge in [0.2, 0.25) is 5.95 Å². The molecule has 0 saturated carbocycles. The number of nitrogens with one attached hydrogen (secondary N) is 1. The lowest BCUT2D eigenvalue weighted by Gasteiger charge is -2.10. The van der Waals surface area contributed by atoms with Gasteiger partial charge in [-0.15, -0.1) is 5.10 Å². The van der Waals surface area contributed by atoms with Crippen molar-refractivity contribution >= 4 is 5.95 Å². The number of nitrogens with zero attached hydrogens (tertiary/aromatic N) is 3. The molecule has 0 amide bonds. The number of methoxy groups -OCH3 is 1. The number of phenols is 1. The molecule has 0 aliphatic rings. The number of hydrogen-bond acceptors (Lipinski definition) is 6. The van der Waals surface area contributed by atoms with Gasteiger partial charge in [-0.25, -0.2) is 4.98 Å². The second kappa shape index (κ2) is 6.88. The van der Waals surface area contributed by atoms with Gasteiger partial charge in [-0.2, -0.15) is 5.10 Å². The van der Waals surface area contributed by atoms with Crippen LogP contribution in [0.4, 0.5) is 5.95 Å². The third-order valence-electron chi connectivity index (χ3n) is 3.23. The largest absolute Gasteiger partial charge is 0.508 e. The van der Waals surface area contributed by atoms with Gasteiger partial charge in [-0.3, -0.25) is 0 Å². The molecule has 112 valence electrons. The summed E-state index contributed by atoms with van der Waals surface area (Å²) in [6, 6.07) is 5.09. The van der Waals surface area contributed by atoms with Crippen molar-refractivity contribution in [3.05, 3.63) is 35.2 Å². The zero-order valence-corrected chi connectivity index (χ0v) is 12.6. The molecule has 0 aliphatic heterocycles. The van der Waals surface area contributed by atoms with E-state index in [0.29, 0.717) is 18.2 Å². The van der Waals surface area contributed by atoms with E-state index in [1.807, 2.05) is 13.8 Å². The Hall–Kier alpha value is -2.37. The number of anilines is 1. The van der Waals surface area contributed by atoms with E-state index in [-0.39, 0.29) is 5.75 Å². The van der Waals surface area contributed by atoms with Gasteiger partial charge in [0.25, 0.3) is 0 Å². The van der Waals surface area contributed by atoms with Crippen LogP contribution in [0.25, 0.3) is 0 Å². The SMILES string of the molecule is CCc1nnc(NCc2cc(OC)ccc2O)nc1CC. The van der Waals surface area contributed by atoms with Crippen molar-refractivity contribution in [2.45, 2.75) is 33.2 Å². The van der Waals surface area contributed by atoms with E-state index in [2.05, 4.69) is 20.5 Å². The van der Waals surface area contributed by atoms with Gasteiger partial charge in [-0.1, -0.05) is 13.8 Å². The topological polar surface area (TPSA) is 80.2 Å². The molecule has 2 aromatic rings. The molecule has 0 spiro atoms. The van der Waals surface area contributed by atoms with E-state index in [0.717, 1.165) is 29.8 Å². The Morgan fingerprint density at radius 3 is 2.57 bits per heavy atom. The number of benzene rings is 1. The maximum atomic E-state index is 9.84. The van der Waals surface area contributed by atoms with E-state index in [1.54, 1.807) is 25.3 Å². The van der Waals surface area contributed by atoms with Gasteiger partial charge in [0.1, 0.15) is 11.5 Å². The van der Waals surface area contributed by atoms with Crippen molar-refractivity contribution in [2.24, 2.45) is 0 Å². The standard InChI is InChI=1S/C15H20N4O2/c1-4-12-13(5-2)18-19-15(17-12)16-9-10-8-11(21-3)6-7-14(10)20/h6-8,20H,4-5,9H2,1-3H3,(H,16,17,19). The number of aryl methyl sites for hydroxylation is 2. The van der Waals surface area contributed by atoms with Crippen molar-refractivity contribution < 1.29 is 9.84 Å². The van der Waals surface area contributed by atoms with Crippen LogP contribution in [0, 0.1) is 0 Å². The molecular formula is C15H20N4O2. The molecule has 0 radical (unpaired) electrons. The quantitative estimate of drug-likeness (QED) is 0.849. The van der Waals surface area contributed by atoms with Crippen LogP contribution in [0.1, 0.15) is 30.8 Å². The molecule has 0 fully saturated rings. The Morgan fingerprint density at radius 1 is 1.14 bits per heavy atom. The average molecular weight is 288 g/mol. The Labute approximate surface area is 124 Å². The van der Waals surface area contributed by atoms with Crippen LogP contribution in [-0.2, 0) is 19.4 Å². The van der Waals surface area contributed by atoms with E-state index in [1.165, 1.54) is 0 Å². The fourth-order valence-electron chi connectivity index (χ4n) is 2.02. The van der Waals surface area contributed by atoms with Crippen LogP contribution < -0.4 is 10.1 Å². The molecule has 6 nitrogen and oxygen atoms in total. The summed E-state index contributed by atoms with van der Waals surface area (Å²) in [4.78, 5) is 4.45. The maximum absolute atomic E-state index is 9.84. The third-order valence-corrected chi connectivity index (χ3v) is 3.23. The van der Waals surface area contributed by atoms with Crippen molar-refractivity contribution in [3.63, 3.8) is 0 Å². The van der Waals surface area contributed by atoms with Crippen LogP contribution in [0.5, 0.6) is 11.5 Å². The fourth-order valence-corrected chi connectivity index (χ4v) is 2.02. The zero-order valence-electron chi connectivity index (χ0n) is 12.6. The van der Waals surface area contributed by atoms with E-state index in [4.69, 9.17) is 4.74 Å². The lowest BCUT2D eigenvalue weighted by Crippen LogP contribution is -2.09. The van der Waals surface area contributed by atoms with Crippen molar-refractivity contribution in [1.29, 1.82) is 0 Å². The normalized spacial score (nSPS) is 10.4. The van der Waals surface area contributed by atoms with Crippen LogP contribution in [0.15, 0.2) is 18.2 Å². The molecule has 2 N–H and O–H groups in total. The van der Waals surface area contributed by atoms with Crippen LogP contribution in [0.2, 0.25) is 0 Å². The van der Waals surface area contributed by atoms with Gasteiger partial charge in [-0.05, 0) is 31.0 Å². The van der Waals surface area contributed by atoms with E-state index >= 15 is 0 Å². The molecule has 0 unspecified atom stereocenters. The molecule has 0 atom stereocenters. The molecule has 1 aromatic carbocycles. The summed E-state index contributed by atoms with van der Waals surface area (Å²) in [6.45, 7) is 4.48. The number of ether oxygens (including phenoxy) is 1. The van der Waals surface area contributed by atoms with Gasteiger partial charge in [0.05, 0.1) is 18.5 Å². The first-order chi connectivity index (χ1) is 10.2. The average Bonchev–Trinajstić information content (AvgIpc) is 2.53. The molecule has 6 heteroatoms. The summed E-state index contributed by atoms with van der Waals surface area (Å²) in [5.41, 5.74) is 2.59. The lowest BCUT2D eigenvalue weighted by atomic mass is 10.2. The van der Waals surface area contributed by atoms with Gasteiger partial charge in [0, 0.05) is 12.1 Å². The molecule has 0 aliphatic carbocycles. The van der Waals surface area contributed by atoms with Crippen LogP contribution in [-0.4, -0.2) is 27.4 Å². The number of phenolic OH excluding ortho intramolecular Hbond substituents is 1. The predicted molar refractivity (Wildman–Crippen MR) is 80.6 cm³/mol. The van der Waals surface area contributed by atoms with E-state index < -0.39 is 0 Å². The number of hydrogen-bond donors (Lipinski definition) is 2. The summed E-state index contributed by atoms with van der Waals surface area (Å²) < 4.78 is 5.15. The molecule has 0 bridgehead atoms. The number of aromatic nitrogens is 3. The second-order valence-corrected chi connectivity index (χ2v) is 4.58. The Kier molecular flexibility index (Phi) is 4.92. The highest BCUT2D eigenvalue weighted by atomic mass is 16.5. The molecule has 0 saturated heterocycles. The molecule has 1 aromatic heterocycles. The third kappa shape index (κ3) is 3.59. The molecule has 1 heterocycles. The van der Waals surface area contributed by atoms with E-state index in [9.17, 15) is 5.11 Å². The van der Waals surface area contributed by atoms with Crippen LogP contribution >= 0.6 is 0 Å². The first-order valence-corrected chi connectivity index (χ1v) is 7.00. The highest BCUT2D eigenvalue weighted by Crippen LogP contribution is 2.23. The minimum Gasteiger partial charge on any atom is -0.508 e. The first-order valence-electron chi connectivity index (χ1n) is 7.00. The van der Waals surface area contributed by atoms with Gasteiger partial charge in [0.15, 0.2) is 0 Å². The summed E-state index contributed by atoms with van der Waals surface area (Å²) in [6.07, 6.45) is 1.64.